The van der Waals surface area contributed by atoms with Gasteiger partial charge in [0.15, 0.2) is 18.1 Å². The van der Waals surface area contributed by atoms with Crippen molar-refractivity contribution in [2.24, 2.45) is 5.73 Å². The molecule has 7 nitrogen and oxygen atoms in total. The van der Waals surface area contributed by atoms with E-state index in [0.29, 0.717) is 30.2 Å². The molecule has 29 heavy (non-hydrogen) atoms. The van der Waals surface area contributed by atoms with Crippen LogP contribution in [0.15, 0.2) is 36.4 Å². The summed E-state index contributed by atoms with van der Waals surface area (Å²) >= 11 is 0. The summed E-state index contributed by atoms with van der Waals surface area (Å²) in [5, 5.41) is 0. The Morgan fingerprint density at radius 2 is 1.76 bits per heavy atom. The molecule has 0 aromatic heterocycles. The molecule has 2 aromatic rings. The molecule has 0 spiro atoms. The molecule has 0 bridgehead atoms. The summed E-state index contributed by atoms with van der Waals surface area (Å²) in [6.45, 7) is 6.87. The van der Waals surface area contributed by atoms with Crippen molar-refractivity contribution in [3.05, 3.63) is 53.1 Å². The molecule has 0 unspecified atom stereocenters. The van der Waals surface area contributed by atoms with E-state index in [1.165, 1.54) is 23.9 Å². The number of primary amides is 1. The Hall–Kier alpha value is -3.22. The first kappa shape index (κ1) is 20.5. The SMILES string of the molecule is COc1cc(C(=O)N2CCN(c3cccc(C)c3C)CC2)ccc1OCC(N)=O. The van der Waals surface area contributed by atoms with Crippen LogP contribution in [0.1, 0.15) is 21.5 Å². The molecule has 2 N–H and O–H groups in total. The minimum Gasteiger partial charge on any atom is -0.493 e. The highest BCUT2D eigenvalue weighted by Gasteiger charge is 2.24. The Balaban J connectivity index is 1.67. The van der Waals surface area contributed by atoms with Gasteiger partial charge >= 0.3 is 0 Å². The van der Waals surface area contributed by atoms with Gasteiger partial charge in [-0.15, -0.1) is 0 Å². The fourth-order valence-electron chi connectivity index (χ4n) is 3.48. The molecule has 1 aliphatic heterocycles. The molecule has 1 saturated heterocycles. The van der Waals surface area contributed by atoms with Crippen LogP contribution in [0.2, 0.25) is 0 Å². The number of methoxy groups -OCH3 is 1. The number of aryl methyl sites for hydroxylation is 1. The van der Waals surface area contributed by atoms with Gasteiger partial charge in [0.2, 0.25) is 0 Å². The van der Waals surface area contributed by atoms with Gasteiger partial charge in [0, 0.05) is 37.4 Å². The van der Waals surface area contributed by atoms with Crippen LogP contribution in [0, 0.1) is 13.8 Å². The zero-order chi connectivity index (χ0) is 21.0. The maximum atomic E-state index is 12.9. The van der Waals surface area contributed by atoms with Crippen LogP contribution in [0.3, 0.4) is 0 Å². The van der Waals surface area contributed by atoms with Crippen molar-refractivity contribution >= 4 is 17.5 Å². The summed E-state index contributed by atoms with van der Waals surface area (Å²) in [7, 11) is 1.49. The topological polar surface area (TPSA) is 85.1 Å². The van der Waals surface area contributed by atoms with Crippen molar-refractivity contribution in [2.75, 3.05) is 44.8 Å². The second kappa shape index (κ2) is 8.86. The molecule has 0 saturated carbocycles. The van der Waals surface area contributed by atoms with Crippen LogP contribution in [0.25, 0.3) is 0 Å². The van der Waals surface area contributed by atoms with Gasteiger partial charge in [-0.2, -0.15) is 0 Å². The molecule has 1 aliphatic rings. The molecule has 7 heteroatoms. The lowest BCUT2D eigenvalue weighted by molar-refractivity contribution is -0.119. The summed E-state index contributed by atoms with van der Waals surface area (Å²) in [5.74, 6) is 0.146. The van der Waals surface area contributed by atoms with E-state index in [1.807, 2.05) is 4.90 Å². The van der Waals surface area contributed by atoms with Gasteiger partial charge in [-0.05, 0) is 49.2 Å². The number of hydrogen-bond acceptors (Lipinski definition) is 5. The zero-order valence-electron chi connectivity index (χ0n) is 17.1. The summed E-state index contributed by atoms with van der Waals surface area (Å²) in [6, 6.07) is 11.3. The third-order valence-electron chi connectivity index (χ3n) is 5.26. The summed E-state index contributed by atoms with van der Waals surface area (Å²) in [6.07, 6.45) is 0. The number of amides is 2. The number of rotatable bonds is 6. The van der Waals surface area contributed by atoms with Crippen molar-refractivity contribution in [3.8, 4) is 11.5 Å². The monoisotopic (exact) mass is 397 g/mol. The number of nitrogens with zero attached hydrogens (tertiary/aromatic N) is 2. The first-order valence-corrected chi connectivity index (χ1v) is 9.60. The highest BCUT2D eigenvalue weighted by atomic mass is 16.5. The Labute approximate surface area is 171 Å². The standard InChI is InChI=1S/C22H27N3O4/c1-15-5-4-6-18(16(15)2)24-9-11-25(12-10-24)22(27)17-7-8-19(20(13-17)28-3)29-14-21(23)26/h4-8,13H,9-12,14H2,1-3H3,(H2,23,26). The second-order valence-corrected chi connectivity index (χ2v) is 7.12. The first-order valence-electron chi connectivity index (χ1n) is 9.60. The lowest BCUT2D eigenvalue weighted by Crippen LogP contribution is -2.49. The van der Waals surface area contributed by atoms with Crippen LogP contribution in [-0.2, 0) is 4.79 Å². The molecule has 0 atom stereocenters. The summed E-state index contributed by atoms with van der Waals surface area (Å²) in [5.41, 5.74) is 9.41. The molecule has 2 aromatic carbocycles. The Morgan fingerprint density at radius 1 is 1.03 bits per heavy atom. The quantitative estimate of drug-likeness (QED) is 0.807. The van der Waals surface area contributed by atoms with E-state index >= 15 is 0 Å². The van der Waals surface area contributed by atoms with E-state index in [4.69, 9.17) is 15.2 Å². The Bertz CT molecular complexity index is 905. The third kappa shape index (κ3) is 4.62. The first-order chi connectivity index (χ1) is 13.9. The minimum absolute atomic E-state index is 0.0506. The second-order valence-electron chi connectivity index (χ2n) is 7.12. The van der Waals surface area contributed by atoms with Crippen LogP contribution >= 0.6 is 0 Å². The number of hydrogen-bond donors (Lipinski definition) is 1. The van der Waals surface area contributed by atoms with Gasteiger partial charge in [0.25, 0.3) is 11.8 Å². The molecular weight excluding hydrogens is 370 g/mol. The number of anilines is 1. The summed E-state index contributed by atoms with van der Waals surface area (Å²) in [4.78, 5) is 28.0. The van der Waals surface area contributed by atoms with Crippen LogP contribution < -0.4 is 20.1 Å². The van der Waals surface area contributed by atoms with E-state index in [-0.39, 0.29) is 12.5 Å². The highest BCUT2D eigenvalue weighted by Crippen LogP contribution is 2.29. The van der Waals surface area contributed by atoms with Gasteiger partial charge in [-0.25, -0.2) is 0 Å². The largest absolute Gasteiger partial charge is 0.493 e. The lowest BCUT2D eigenvalue weighted by Gasteiger charge is -2.37. The molecule has 154 valence electrons. The maximum Gasteiger partial charge on any atom is 0.255 e. The van der Waals surface area contributed by atoms with E-state index in [9.17, 15) is 9.59 Å². The van der Waals surface area contributed by atoms with Crippen LogP contribution in [0.4, 0.5) is 5.69 Å². The van der Waals surface area contributed by atoms with Crippen LogP contribution in [0.5, 0.6) is 11.5 Å². The average Bonchev–Trinajstić information content (AvgIpc) is 2.73. The van der Waals surface area contributed by atoms with Crippen molar-refractivity contribution in [1.29, 1.82) is 0 Å². The number of carbonyl (C=O) groups is 2. The molecule has 0 aliphatic carbocycles. The van der Waals surface area contributed by atoms with Gasteiger partial charge in [-0.3, -0.25) is 9.59 Å². The molecule has 1 heterocycles. The minimum atomic E-state index is -0.575. The Morgan fingerprint density at radius 3 is 2.41 bits per heavy atom. The van der Waals surface area contributed by atoms with E-state index in [0.717, 1.165) is 13.1 Å². The lowest BCUT2D eigenvalue weighted by atomic mass is 10.1. The van der Waals surface area contributed by atoms with Gasteiger partial charge < -0.3 is 25.0 Å². The van der Waals surface area contributed by atoms with Gasteiger partial charge in [0.1, 0.15) is 0 Å². The fourth-order valence-corrected chi connectivity index (χ4v) is 3.48. The normalized spacial score (nSPS) is 13.9. The predicted molar refractivity (Wildman–Crippen MR) is 112 cm³/mol. The molecule has 0 radical (unpaired) electrons. The van der Waals surface area contributed by atoms with Gasteiger partial charge in [0.05, 0.1) is 7.11 Å². The third-order valence-corrected chi connectivity index (χ3v) is 5.26. The zero-order valence-corrected chi connectivity index (χ0v) is 17.1. The van der Waals surface area contributed by atoms with Crippen molar-refractivity contribution in [2.45, 2.75) is 13.8 Å². The number of piperazine rings is 1. The van der Waals surface area contributed by atoms with Crippen molar-refractivity contribution < 1.29 is 19.1 Å². The van der Waals surface area contributed by atoms with Crippen molar-refractivity contribution in [1.82, 2.24) is 4.90 Å². The predicted octanol–water partition coefficient (Wildman–Crippen LogP) is 2.14. The van der Waals surface area contributed by atoms with E-state index in [1.54, 1.807) is 18.2 Å². The van der Waals surface area contributed by atoms with Crippen molar-refractivity contribution in [3.63, 3.8) is 0 Å². The number of benzene rings is 2. The number of carbonyl (C=O) groups excluding carboxylic acids is 2. The smallest absolute Gasteiger partial charge is 0.255 e. The highest BCUT2D eigenvalue weighted by molar-refractivity contribution is 5.95. The van der Waals surface area contributed by atoms with E-state index in [2.05, 4.69) is 36.9 Å². The van der Waals surface area contributed by atoms with Crippen LogP contribution in [-0.4, -0.2) is 56.6 Å². The fraction of sp³-hybridized carbons (Fsp3) is 0.364. The average molecular weight is 397 g/mol. The molecule has 2 amide bonds. The summed E-state index contributed by atoms with van der Waals surface area (Å²) < 4.78 is 10.6. The molecular formula is C22H27N3O4. The molecule has 3 rings (SSSR count). The maximum absolute atomic E-state index is 12.9. The number of nitrogens with two attached hydrogens (primary N) is 1. The van der Waals surface area contributed by atoms with E-state index < -0.39 is 5.91 Å². The Kier molecular flexibility index (Phi) is 6.26. The number of ether oxygens (including phenoxy) is 2. The van der Waals surface area contributed by atoms with Gasteiger partial charge in [-0.1, -0.05) is 12.1 Å². The molecule has 1 fully saturated rings.